The van der Waals surface area contributed by atoms with Gasteiger partial charge in [0.25, 0.3) is 5.56 Å². The largest absolute Gasteiger partial charge is 0.368 e. The van der Waals surface area contributed by atoms with Gasteiger partial charge >= 0.3 is 0 Å². The van der Waals surface area contributed by atoms with E-state index in [1.165, 1.54) is 11.8 Å². The van der Waals surface area contributed by atoms with Gasteiger partial charge in [0.2, 0.25) is 0 Å². The van der Waals surface area contributed by atoms with Gasteiger partial charge in [0.15, 0.2) is 5.16 Å². The highest BCUT2D eigenvalue weighted by Gasteiger charge is 2.19. The standard InChI is InChI=1S/C16H17N5OS/c1-23-16-19-14(12(10-17)15(22)20-16)11-4-2-3-5-13(11)21-8-6-18-7-9-21/h2-5,18H,6-9H2,1H3,(H,19,20,22). The first-order valence-corrected chi connectivity index (χ1v) is 8.60. The van der Waals surface area contributed by atoms with Crippen LogP contribution in [-0.4, -0.2) is 42.4 Å². The monoisotopic (exact) mass is 327 g/mol. The van der Waals surface area contributed by atoms with Crippen molar-refractivity contribution < 1.29 is 0 Å². The Morgan fingerprint density at radius 2 is 2.04 bits per heavy atom. The molecule has 1 saturated heterocycles. The molecule has 2 N–H and O–H groups in total. The zero-order valence-corrected chi connectivity index (χ0v) is 13.6. The Balaban J connectivity index is 2.18. The minimum Gasteiger partial charge on any atom is -0.368 e. The van der Waals surface area contributed by atoms with Gasteiger partial charge in [-0.2, -0.15) is 5.26 Å². The number of nitriles is 1. The molecule has 7 heteroatoms. The van der Waals surface area contributed by atoms with E-state index in [2.05, 4.69) is 20.2 Å². The molecular weight excluding hydrogens is 310 g/mol. The number of hydrogen-bond acceptors (Lipinski definition) is 6. The van der Waals surface area contributed by atoms with Gasteiger partial charge in [-0.05, 0) is 12.3 Å². The van der Waals surface area contributed by atoms with Gasteiger partial charge in [-0.25, -0.2) is 4.98 Å². The molecule has 1 aliphatic rings. The van der Waals surface area contributed by atoms with E-state index in [9.17, 15) is 10.1 Å². The van der Waals surface area contributed by atoms with Gasteiger partial charge in [0, 0.05) is 37.4 Å². The van der Waals surface area contributed by atoms with Crippen LogP contribution in [0.5, 0.6) is 0 Å². The summed E-state index contributed by atoms with van der Waals surface area (Å²) in [4.78, 5) is 21.5. The molecule has 1 aromatic heterocycles. The Morgan fingerprint density at radius 3 is 2.74 bits per heavy atom. The normalized spacial score (nSPS) is 14.5. The summed E-state index contributed by atoms with van der Waals surface area (Å²) in [6.45, 7) is 3.60. The quantitative estimate of drug-likeness (QED) is 0.655. The fraction of sp³-hybridized carbons (Fsp3) is 0.312. The van der Waals surface area contributed by atoms with Crippen molar-refractivity contribution in [3.63, 3.8) is 0 Å². The van der Waals surface area contributed by atoms with Crippen LogP contribution in [0.4, 0.5) is 5.69 Å². The van der Waals surface area contributed by atoms with E-state index < -0.39 is 5.56 Å². The van der Waals surface area contributed by atoms with E-state index in [1.807, 2.05) is 36.6 Å². The summed E-state index contributed by atoms with van der Waals surface area (Å²) in [5.41, 5.74) is 1.96. The Bertz CT molecular complexity index is 805. The first-order valence-electron chi connectivity index (χ1n) is 7.38. The first-order chi connectivity index (χ1) is 11.2. The average molecular weight is 327 g/mol. The van der Waals surface area contributed by atoms with Gasteiger partial charge in [-0.15, -0.1) is 0 Å². The minimum absolute atomic E-state index is 0.0605. The van der Waals surface area contributed by atoms with Crippen molar-refractivity contribution in [1.29, 1.82) is 5.26 Å². The summed E-state index contributed by atoms with van der Waals surface area (Å²) in [7, 11) is 0. The number of nitrogens with zero attached hydrogens (tertiary/aromatic N) is 3. The van der Waals surface area contributed by atoms with Crippen LogP contribution in [0.3, 0.4) is 0 Å². The fourth-order valence-electron chi connectivity index (χ4n) is 2.70. The van der Waals surface area contributed by atoms with Crippen molar-refractivity contribution in [3.05, 3.63) is 40.2 Å². The third-order valence-electron chi connectivity index (χ3n) is 3.82. The molecule has 6 nitrogen and oxygen atoms in total. The smallest absolute Gasteiger partial charge is 0.270 e. The number of nitrogens with one attached hydrogen (secondary N) is 2. The van der Waals surface area contributed by atoms with Crippen LogP contribution >= 0.6 is 11.8 Å². The highest BCUT2D eigenvalue weighted by Crippen LogP contribution is 2.31. The number of hydrogen-bond donors (Lipinski definition) is 2. The number of para-hydroxylation sites is 1. The molecule has 0 bridgehead atoms. The van der Waals surface area contributed by atoms with Crippen molar-refractivity contribution >= 4 is 17.4 Å². The molecule has 1 aliphatic heterocycles. The lowest BCUT2D eigenvalue weighted by molar-refractivity contribution is 0.589. The third-order valence-corrected chi connectivity index (χ3v) is 4.40. The van der Waals surface area contributed by atoms with Crippen LogP contribution in [0.15, 0.2) is 34.2 Å². The number of anilines is 1. The number of thioether (sulfide) groups is 1. The van der Waals surface area contributed by atoms with Crippen molar-refractivity contribution in [2.24, 2.45) is 0 Å². The van der Waals surface area contributed by atoms with Crippen molar-refractivity contribution in [2.45, 2.75) is 5.16 Å². The summed E-state index contributed by atoms with van der Waals surface area (Å²) in [6, 6.07) is 9.81. The van der Waals surface area contributed by atoms with Crippen LogP contribution in [0.1, 0.15) is 5.56 Å². The molecule has 0 unspecified atom stereocenters. The summed E-state index contributed by atoms with van der Waals surface area (Å²) in [5.74, 6) is 0. The summed E-state index contributed by atoms with van der Waals surface area (Å²) < 4.78 is 0. The lowest BCUT2D eigenvalue weighted by Gasteiger charge is -2.31. The molecule has 0 aliphatic carbocycles. The molecule has 3 rings (SSSR count). The van der Waals surface area contributed by atoms with Gasteiger partial charge in [0.05, 0.1) is 5.69 Å². The zero-order valence-electron chi connectivity index (χ0n) is 12.8. The number of H-pyrrole nitrogens is 1. The van der Waals surface area contributed by atoms with E-state index in [1.54, 1.807) is 0 Å². The second kappa shape index (κ2) is 6.86. The molecular formula is C16H17N5OS. The number of aromatic nitrogens is 2. The summed E-state index contributed by atoms with van der Waals surface area (Å²) in [5, 5.41) is 13.2. The average Bonchev–Trinajstić information content (AvgIpc) is 2.61. The molecule has 0 radical (unpaired) electrons. The predicted molar refractivity (Wildman–Crippen MR) is 91.9 cm³/mol. The number of aromatic amines is 1. The van der Waals surface area contributed by atoms with E-state index in [4.69, 9.17) is 0 Å². The molecule has 2 aromatic rings. The maximum Gasteiger partial charge on any atom is 0.270 e. The van der Waals surface area contributed by atoms with Crippen LogP contribution in [0.25, 0.3) is 11.3 Å². The van der Waals surface area contributed by atoms with Gasteiger partial charge in [-0.1, -0.05) is 30.0 Å². The Kier molecular flexibility index (Phi) is 4.65. The molecule has 23 heavy (non-hydrogen) atoms. The first kappa shape index (κ1) is 15.6. The SMILES string of the molecule is CSc1nc(-c2ccccc2N2CCNCC2)c(C#N)c(=O)[nH]1. The Labute approximate surface area is 138 Å². The van der Waals surface area contributed by atoms with E-state index in [-0.39, 0.29) is 5.56 Å². The van der Waals surface area contributed by atoms with E-state index in [0.717, 1.165) is 37.4 Å². The molecule has 0 spiro atoms. The van der Waals surface area contributed by atoms with Crippen LogP contribution in [0, 0.1) is 11.3 Å². The highest BCUT2D eigenvalue weighted by atomic mass is 32.2. The van der Waals surface area contributed by atoms with Crippen molar-refractivity contribution in [3.8, 4) is 17.3 Å². The van der Waals surface area contributed by atoms with E-state index >= 15 is 0 Å². The molecule has 2 heterocycles. The molecule has 118 valence electrons. The predicted octanol–water partition coefficient (Wildman–Crippen LogP) is 1.44. The third kappa shape index (κ3) is 3.09. The van der Waals surface area contributed by atoms with Crippen LogP contribution in [0.2, 0.25) is 0 Å². The topological polar surface area (TPSA) is 84.8 Å². The van der Waals surface area contributed by atoms with E-state index in [0.29, 0.717) is 10.9 Å². The van der Waals surface area contributed by atoms with Gasteiger partial charge < -0.3 is 15.2 Å². The number of piperazine rings is 1. The number of rotatable bonds is 3. The lowest BCUT2D eigenvalue weighted by Crippen LogP contribution is -2.43. The molecule has 1 fully saturated rings. The summed E-state index contributed by atoms with van der Waals surface area (Å²) >= 11 is 1.35. The fourth-order valence-corrected chi connectivity index (χ4v) is 3.08. The molecule has 1 aromatic carbocycles. The maximum atomic E-state index is 12.2. The number of benzene rings is 1. The summed E-state index contributed by atoms with van der Waals surface area (Å²) in [6.07, 6.45) is 1.84. The van der Waals surface area contributed by atoms with Crippen molar-refractivity contribution in [2.75, 3.05) is 37.3 Å². The Morgan fingerprint density at radius 1 is 1.30 bits per heavy atom. The molecule has 0 amide bonds. The second-order valence-corrected chi connectivity index (χ2v) is 5.96. The minimum atomic E-state index is -0.392. The maximum absolute atomic E-state index is 12.2. The van der Waals surface area contributed by atoms with Crippen LogP contribution < -0.4 is 15.8 Å². The van der Waals surface area contributed by atoms with Gasteiger partial charge in [-0.3, -0.25) is 4.79 Å². The highest BCUT2D eigenvalue weighted by molar-refractivity contribution is 7.98. The zero-order chi connectivity index (χ0) is 16.2. The second-order valence-electron chi connectivity index (χ2n) is 5.16. The van der Waals surface area contributed by atoms with Crippen molar-refractivity contribution in [1.82, 2.24) is 15.3 Å². The van der Waals surface area contributed by atoms with Crippen LogP contribution in [-0.2, 0) is 0 Å². The Hall–Kier alpha value is -2.30. The van der Waals surface area contributed by atoms with Gasteiger partial charge in [0.1, 0.15) is 11.6 Å². The lowest BCUT2D eigenvalue weighted by atomic mass is 10.0. The molecule has 0 saturated carbocycles. The molecule has 0 atom stereocenters.